The second kappa shape index (κ2) is 5.87. The summed E-state index contributed by atoms with van der Waals surface area (Å²) in [5.74, 6) is 0.801. The molecule has 0 spiro atoms. The van der Waals surface area contributed by atoms with E-state index in [-0.39, 0.29) is 12.2 Å². The van der Waals surface area contributed by atoms with Crippen LogP contribution in [0.15, 0.2) is 24.3 Å². The van der Waals surface area contributed by atoms with Gasteiger partial charge in [-0.25, -0.2) is 0 Å². The minimum absolute atomic E-state index is 0.0629. The van der Waals surface area contributed by atoms with E-state index in [1.165, 1.54) is 0 Å². The first-order chi connectivity index (χ1) is 7.51. The van der Waals surface area contributed by atoms with E-state index < -0.39 is 0 Å². The van der Waals surface area contributed by atoms with E-state index >= 15 is 0 Å². The first-order valence-electron chi connectivity index (χ1n) is 5.48. The van der Waals surface area contributed by atoms with Crippen LogP contribution in [-0.4, -0.2) is 23.9 Å². The predicted octanol–water partition coefficient (Wildman–Crippen LogP) is 2.37. The first kappa shape index (κ1) is 13.0. The van der Waals surface area contributed by atoms with Crippen molar-refractivity contribution in [1.29, 1.82) is 0 Å². The molecule has 0 bridgehead atoms. The van der Waals surface area contributed by atoms with Gasteiger partial charge < -0.3 is 14.6 Å². The molecule has 0 aliphatic rings. The van der Waals surface area contributed by atoms with Gasteiger partial charge in [0.15, 0.2) is 0 Å². The van der Waals surface area contributed by atoms with Crippen LogP contribution in [0.4, 0.5) is 0 Å². The van der Waals surface area contributed by atoms with Crippen molar-refractivity contribution in [3.05, 3.63) is 29.8 Å². The average molecular weight is 224 g/mol. The monoisotopic (exact) mass is 224 g/mol. The van der Waals surface area contributed by atoms with Crippen molar-refractivity contribution in [3.8, 4) is 5.75 Å². The highest BCUT2D eigenvalue weighted by atomic mass is 16.5. The van der Waals surface area contributed by atoms with Crippen LogP contribution < -0.4 is 4.74 Å². The maximum Gasteiger partial charge on any atom is 0.119 e. The summed E-state index contributed by atoms with van der Waals surface area (Å²) < 4.78 is 11.0. The van der Waals surface area contributed by atoms with Crippen LogP contribution in [0.5, 0.6) is 5.75 Å². The van der Waals surface area contributed by atoms with E-state index in [2.05, 4.69) is 0 Å². The Bertz CT molecular complexity index is 298. The third kappa shape index (κ3) is 5.14. The summed E-state index contributed by atoms with van der Waals surface area (Å²) in [6.45, 7) is 7.23. The van der Waals surface area contributed by atoms with Gasteiger partial charge in [0.1, 0.15) is 12.4 Å². The lowest BCUT2D eigenvalue weighted by atomic mass is 10.2. The second-order valence-corrected chi connectivity index (χ2v) is 4.61. The van der Waals surface area contributed by atoms with Gasteiger partial charge in [0.25, 0.3) is 0 Å². The third-order valence-electron chi connectivity index (χ3n) is 1.99. The largest absolute Gasteiger partial charge is 0.491 e. The molecular formula is C13H20O3. The van der Waals surface area contributed by atoms with Crippen molar-refractivity contribution in [2.24, 2.45) is 0 Å². The summed E-state index contributed by atoms with van der Waals surface area (Å²) in [6.07, 6.45) is 0. The number of ether oxygens (including phenoxy) is 2. The molecule has 1 aromatic rings. The lowest BCUT2D eigenvalue weighted by Crippen LogP contribution is -2.22. The van der Waals surface area contributed by atoms with Crippen LogP contribution in [0.1, 0.15) is 26.3 Å². The molecule has 16 heavy (non-hydrogen) atoms. The molecule has 0 heterocycles. The molecule has 0 aliphatic heterocycles. The van der Waals surface area contributed by atoms with Gasteiger partial charge in [-0.2, -0.15) is 0 Å². The van der Waals surface area contributed by atoms with E-state index in [0.29, 0.717) is 13.2 Å². The van der Waals surface area contributed by atoms with Gasteiger partial charge in [-0.1, -0.05) is 12.1 Å². The topological polar surface area (TPSA) is 38.7 Å². The van der Waals surface area contributed by atoms with Gasteiger partial charge >= 0.3 is 0 Å². The van der Waals surface area contributed by atoms with Crippen LogP contribution in [-0.2, 0) is 11.3 Å². The summed E-state index contributed by atoms with van der Waals surface area (Å²) in [6, 6.07) is 7.39. The Morgan fingerprint density at radius 3 is 2.19 bits per heavy atom. The van der Waals surface area contributed by atoms with Crippen LogP contribution in [0.3, 0.4) is 0 Å². The minimum Gasteiger partial charge on any atom is -0.491 e. The zero-order chi connectivity index (χ0) is 12.0. The molecule has 3 heteroatoms. The lowest BCUT2D eigenvalue weighted by Gasteiger charge is -2.19. The normalized spacial score (nSPS) is 11.5. The highest BCUT2D eigenvalue weighted by molar-refractivity contribution is 5.26. The van der Waals surface area contributed by atoms with Crippen LogP contribution in [0.2, 0.25) is 0 Å². The van der Waals surface area contributed by atoms with Crippen molar-refractivity contribution >= 4 is 0 Å². The number of rotatable bonds is 5. The van der Waals surface area contributed by atoms with Gasteiger partial charge in [0.05, 0.1) is 18.8 Å². The Morgan fingerprint density at radius 1 is 1.06 bits per heavy atom. The molecule has 0 unspecified atom stereocenters. The van der Waals surface area contributed by atoms with Crippen LogP contribution >= 0.6 is 0 Å². The van der Waals surface area contributed by atoms with Crippen molar-refractivity contribution in [2.75, 3.05) is 13.2 Å². The van der Waals surface area contributed by atoms with Crippen LogP contribution in [0.25, 0.3) is 0 Å². The smallest absolute Gasteiger partial charge is 0.119 e. The maximum atomic E-state index is 8.87. The Kier molecular flexibility index (Phi) is 4.77. The molecular weight excluding hydrogens is 204 g/mol. The van der Waals surface area contributed by atoms with Crippen molar-refractivity contribution in [2.45, 2.75) is 33.0 Å². The maximum absolute atomic E-state index is 8.87. The third-order valence-corrected chi connectivity index (χ3v) is 1.99. The fourth-order valence-corrected chi connectivity index (χ4v) is 1.20. The van der Waals surface area contributed by atoms with Crippen molar-refractivity contribution in [3.63, 3.8) is 0 Å². The minimum atomic E-state index is -0.121. The SMILES string of the molecule is CC(C)(C)OCCOc1ccc(CO)cc1. The fraction of sp³-hybridized carbons (Fsp3) is 0.538. The summed E-state index contributed by atoms with van der Waals surface area (Å²) in [5.41, 5.74) is 0.766. The first-order valence-corrected chi connectivity index (χ1v) is 5.48. The molecule has 1 aromatic carbocycles. The van der Waals surface area contributed by atoms with Gasteiger partial charge in [-0.05, 0) is 38.5 Å². The van der Waals surface area contributed by atoms with E-state index in [4.69, 9.17) is 14.6 Å². The molecule has 3 nitrogen and oxygen atoms in total. The van der Waals surface area contributed by atoms with Crippen molar-refractivity contribution < 1.29 is 14.6 Å². The Labute approximate surface area is 97.0 Å². The van der Waals surface area contributed by atoms with Gasteiger partial charge in [0.2, 0.25) is 0 Å². The molecule has 1 N–H and O–H groups in total. The number of aliphatic hydroxyl groups is 1. The molecule has 0 radical (unpaired) electrons. The molecule has 0 amide bonds. The molecule has 0 aromatic heterocycles. The highest BCUT2D eigenvalue weighted by Crippen LogP contribution is 2.12. The number of hydrogen-bond acceptors (Lipinski definition) is 3. The summed E-state index contributed by atoms with van der Waals surface area (Å²) in [5, 5.41) is 8.87. The fourth-order valence-electron chi connectivity index (χ4n) is 1.20. The average Bonchev–Trinajstić information content (AvgIpc) is 2.24. The predicted molar refractivity (Wildman–Crippen MR) is 63.6 cm³/mol. The van der Waals surface area contributed by atoms with Gasteiger partial charge in [0, 0.05) is 0 Å². The second-order valence-electron chi connectivity index (χ2n) is 4.61. The highest BCUT2D eigenvalue weighted by Gasteiger charge is 2.09. The van der Waals surface area contributed by atoms with Gasteiger partial charge in [-0.3, -0.25) is 0 Å². The Hall–Kier alpha value is -1.06. The van der Waals surface area contributed by atoms with Crippen LogP contribution in [0, 0.1) is 0 Å². The molecule has 0 fully saturated rings. The summed E-state index contributed by atoms with van der Waals surface area (Å²) in [7, 11) is 0. The lowest BCUT2D eigenvalue weighted by molar-refractivity contribution is -0.0163. The van der Waals surface area contributed by atoms with Crippen molar-refractivity contribution in [1.82, 2.24) is 0 Å². The summed E-state index contributed by atoms with van der Waals surface area (Å²) >= 11 is 0. The van der Waals surface area contributed by atoms with E-state index in [1.807, 2.05) is 45.0 Å². The van der Waals surface area contributed by atoms with E-state index in [1.54, 1.807) is 0 Å². The standard InChI is InChI=1S/C13H20O3/c1-13(2,3)16-9-8-15-12-6-4-11(10-14)5-7-12/h4-7,14H,8-10H2,1-3H3. The number of hydrogen-bond donors (Lipinski definition) is 1. The molecule has 0 saturated heterocycles. The number of aliphatic hydroxyl groups excluding tert-OH is 1. The number of benzene rings is 1. The van der Waals surface area contributed by atoms with E-state index in [0.717, 1.165) is 11.3 Å². The van der Waals surface area contributed by atoms with Gasteiger partial charge in [-0.15, -0.1) is 0 Å². The molecule has 0 aliphatic carbocycles. The molecule has 0 atom stereocenters. The Balaban J connectivity index is 2.27. The quantitative estimate of drug-likeness (QED) is 0.780. The zero-order valence-electron chi connectivity index (χ0n) is 10.2. The molecule has 1 rings (SSSR count). The molecule has 0 saturated carbocycles. The van der Waals surface area contributed by atoms with E-state index in [9.17, 15) is 0 Å². The summed E-state index contributed by atoms with van der Waals surface area (Å²) in [4.78, 5) is 0. The molecule has 90 valence electrons. The zero-order valence-corrected chi connectivity index (χ0v) is 10.2. The Morgan fingerprint density at radius 2 is 1.69 bits per heavy atom.